The van der Waals surface area contributed by atoms with E-state index in [1.807, 2.05) is 0 Å². The number of nitrogens with one attached hydrogen (secondary N) is 2. The normalized spacial score (nSPS) is 11.3. The van der Waals surface area contributed by atoms with Crippen LogP contribution in [0, 0.1) is 0 Å². The minimum Gasteiger partial charge on any atom is -0.504 e. The lowest BCUT2D eigenvalue weighted by atomic mass is 9.95. The molecule has 0 unspecified atom stereocenters. The number of carbonyl (C=O) groups is 2. The second-order valence-corrected chi connectivity index (χ2v) is 6.34. The highest BCUT2D eigenvalue weighted by Gasteiger charge is 2.32. The maximum Gasteiger partial charge on any atom is 0.299 e. The van der Waals surface area contributed by atoms with E-state index in [0.29, 0.717) is 5.56 Å². The first-order valence-corrected chi connectivity index (χ1v) is 8.59. The summed E-state index contributed by atoms with van der Waals surface area (Å²) in [7, 11) is 0. The summed E-state index contributed by atoms with van der Waals surface area (Å²) in [5, 5.41) is 52.1. The van der Waals surface area contributed by atoms with E-state index >= 15 is 0 Å². The molecule has 0 bridgehead atoms. The van der Waals surface area contributed by atoms with Gasteiger partial charge in [-0.05, 0) is 30.7 Å². The number of aromatic hydroxyl groups is 2. The number of ketones is 1. The topological polar surface area (TPSA) is 198 Å². The van der Waals surface area contributed by atoms with Crippen LogP contribution in [0.4, 0.5) is 5.69 Å². The average molecular weight is 409 g/mol. The number of aromatic nitrogens is 1. The third-order valence-corrected chi connectivity index (χ3v) is 4.43. The van der Waals surface area contributed by atoms with Gasteiger partial charge in [-0.15, -0.1) is 0 Å². The predicted octanol–water partition coefficient (Wildman–Crippen LogP) is -1.18. The van der Waals surface area contributed by atoms with Gasteiger partial charge in [0.1, 0.15) is 5.54 Å². The van der Waals surface area contributed by atoms with Gasteiger partial charge in [0, 0.05) is 6.20 Å². The molecule has 1 aromatic carbocycles. The number of anilines is 1. The lowest BCUT2D eigenvalue weighted by molar-refractivity contribution is -0.120. The lowest BCUT2D eigenvalue weighted by Gasteiger charge is -2.31. The molecule has 0 aliphatic carbocycles. The van der Waals surface area contributed by atoms with Gasteiger partial charge >= 0.3 is 0 Å². The Labute approximate surface area is 165 Å². The zero-order valence-electron chi connectivity index (χ0n) is 15.4. The Morgan fingerprint density at radius 1 is 1.17 bits per heavy atom. The second kappa shape index (κ2) is 9.39. The molecule has 11 nitrogen and oxygen atoms in total. The monoisotopic (exact) mass is 409 g/mol. The fourth-order valence-electron chi connectivity index (χ4n) is 2.74. The first-order chi connectivity index (χ1) is 13.9. The molecule has 0 radical (unpaired) electrons. The van der Waals surface area contributed by atoms with Crippen LogP contribution >= 0.6 is 0 Å². The van der Waals surface area contributed by atoms with E-state index in [1.54, 1.807) is 0 Å². The number of aliphatic hydroxyl groups is 3. The second-order valence-electron chi connectivity index (χ2n) is 6.34. The molecule has 2 rings (SSSR count). The summed E-state index contributed by atoms with van der Waals surface area (Å²) in [6, 6.07) is 2.61. The molecule has 0 amide bonds. The molecule has 0 atom stereocenters. The molecule has 0 aliphatic rings. The fourth-order valence-corrected chi connectivity index (χ4v) is 2.74. The number of aromatic amines is 1. The van der Waals surface area contributed by atoms with Crippen LogP contribution in [0.3, 0.4) is 0 Å². The van der Waals surface area contributed by atoms with Crippen molar-refractivity contribution in [1.29, 1.82) is 0 Å². The Morgan fingerprint density at radius 2 is 1.83 bits per heavy atom. The van der Waals surface area contributed by atoms with E-state index < -0.39 is 42.6 Å². The third-order valence-electron chi connectivity index (χ3n) is 4.43. The maximum atomic E-state index is 12.8. The molecule has 0 aliphatic heterocycles. The number of phenolic OH excluding ortho intramolecular Hbond substituents is 2. The summed E-state index contributed by atoms with van der Waals surface area (Å²) in [5.41, 5.74) is 3.86. The van der Waals surface area contributed by atoms with E-state index in [9.17, 15) is 35.1 Å². The zero-order chi connectivity index (χ0) is 21.6. The molecule has 29 heavy (non-hydrogen) atoms. The van der Waals surface area contributed by atoms with Gasteiger partial charge in [0.25, 0.3) is 6.47 Å². The Kier molecular flexibility index (Phi) is 7.18. The molecule has 1 heterocycles. The van der Waals surface area contributed by atoms with Crippen molar-refractivity contribution in [2.45, 2.75) is 12.0 Å². The number of nitrogens with two attached hydrogens (primary N) is 1. The SMILES string of the molecule is NCCc1cc(C(=O)c2cc[nH]c2OC=O)c(O)c(O)c1NC(CO)(CO)CO. The summed E-state index contributed by atoms with van der Waals surface area (Å²) in [4.78, 5) is 26.0. The summed E-state index contributed by atoms with van der Waals surface area (Å²) >= 11 is 0. The van der Waals surface area contributed by atoms with Gasteiger partial charge in [0.05, 0.1) is 36.6 Å². The van der Waals surface area contributed by atoms with Gasteiger partial charge in [-0.3, -0.25) is 9.59 Å². The summed E-state index contributed by atoms with van der Waals surface area (Å²) in [6.45, 7) is -1.80. The van der Waals surface area contributed by atoms with E-state index in [1.165, 1.54) is 18.3 Å². The molecule has 158 valence electrons. The molecule has 0 fully saturated rings. The van der Waals surface area contributed by atoms with E-state index in [4.69, 9.17) is 5.73 Å². The van der Waals surface area contributed by atoms with Crippen molar-refractivity contribution in [2.24, 2.45) is 5.73 Å². The molecule has 2 aromatic rings. The van der Waals surface area contributed by atoms with Crippen molar-refractivity contribution >= 4 is 17.9 Å². The average Bonchev–Trinajstić information content (AvgIpc) is 3.19. The number of phenols is 2. The molecule has 9 N–H and O–H groups in total. The number of hydrogen-bond acceptors (Lipinski definition) is 10. The zero-order valence-corrected chi connectivity index (χ0v) is 15.4. The molecule has 0 saturated carbocycles. The first-order valence-electron chi connectivity index (χ1n) is 8.59. The summed E-state index contributed by atoms with van der Waals surface area (Å²) in [6.07, 6.45) is 1.51. The number of aliphatic hydroxyl groups excluding tert-OH is 3. The van der Waals surface area contributed by atoms with Gasteiger partial charge in [0.2, 0.25) is 11.7 Å². The van der Waals surface area contributed by atoms with E-state index in [2.05, 4.69) is 15.0 Å². The highest BCUT2D eigenvalue weighted by atomic mass is 16.5. The van der Waals surface area contributed by atoms with Crippen molar-refractivity contribution in [3.63, 3.8) is 0 Å². The number of hydrogen-bond donors (Lipinski definition) is 8. The number of H-pyrrole nitrogens is 1. The van der Waals surface area contributed by atoms with Crippen LogP contribution < -0.4 is 15.8 Å². The predicted molar refractivity (Wildman–Crippen MR) is 101 cm³/mol. The molecular formula is C18H23N3O8. The van der Waals surface area contributed by atoms with Crippen molar-refractivity contribution in [3.8, 4) is 17.4 Å². The fraction of sp³-hybridized carbons (Fsp3) is 0.333. The Bertz CT molecular complexity index is 868. The van der Waals surface area contributed by atoms with Crippen LogP contribution in [-0.2, 0) is 11.2 Å². The maximum absolute atomic E-state index is 12.8. The minimum absolute atomic E-state index is 0.0540. The van der Waals surface area contributed by atoms with Crippen molar-refractivity contribution in [1.82, 2.24) is 4.98 Å². The van der Waals surface area contributed by atoms with Crippen LogP contribution in [-0.4, -0.2) is 74.7 Å². The Morgan fingerprint density at radius 3 is 2.38 bits per heavy atom. The third kappa shape index (κ3) is 4.32. The van der Waals surface area contributed by atoms with Crippen LogP contribution in [0.25, 0.3) is 0 Å². The van der Waals surface area contributed by atoms with Gasteiger partial charge in [-0.2, -0.15) is 0 Å². The quantitative estimate of drug-likeness (QED) is 0.127. The molecule has 0 saturated heterocycles. The smallest absolute Gasteiger partial charge is 0.299 e. The number of rotatable bonds is 11. The summed E-state index contributed by atoms with van der Waals surface area (Å²) < 4.78 is 4.68. The number of carbonyl (C=O) groups excluding carboxylic acids is 2. The van der Waals surface area contributed by atoms with E-state index in [0.717, 1.165) is 0 Å². The number of benzene rings is 1. The largest absolute Gasteiger partial charge is 0.504 e. The van der Waals surface area contributed by atoms with Crippen LogP contribution in [0.5, 0.6) is 17.4 Å². The van der Waals surface area contributed by atoms with Gasteiger partial charge in [0.15, 0.2) is 11.5 Å². The first kappa shape index (κ1) is 22.2. The Balaban J connectivity index is 2.58. The van der Waals surface area contributed by atoms with Gasteiger partial charge in [-0.1, -0.05) is 0 Å². The van der Waals surface area contributed by atoms with Crippen LogP contribution in [0.15, 0.2) is 18.3 Å². The van der Waals surface area contributed by atoms with E-state index in [-0.39, 0.29) is 42.1 Å². The van der Waals surface area contributed by atoms with Gasteiger partial charge < -0.3 is 46.3 Å². The molecule has 0 spiro atoms. The highest BCUT2D eigenvalue weighted by Crippen LogP contribution is 2.42. The minimum atomic E-state index is -1.59. The Hall–Kier alpha value is -3.12. The standard InChI is InChI=1S/C18H23N3O8/c19-3-1-10-5-12(14(26)11-2-4-20-17(11)29-9-25)15(27)16(28)13(10)21-18(6-22,7-23)8-24/h2,4-5,9,20-24,27-28H,1,3,6-8,19H2. The molecule has 11 heteroatoms. The van der Waals surface area contributed by atoms with Crippen molar-refractivity contribution < 1.29 is 39.9 Å². The lowest BCUT2D eigenvalue weighted by Crippen LogP contribution is -2.49. The number of ether oxygens (including phenoxy) is 1. The molecular weight excluding hydrogens is 386 g/mol. The summed E-state index contributed by atoms with van der Waals surface area (Å²) in [5.74, 6) is -2.38. The van der Waals surface area contributed by atoms with Crippen LogP contribution in [0.2, 0.25) is 0 Å². The molecule has 1 aromatic heterocycles. The van der Waals surface area contributed by atoms with Crippen molar-refractivity contribution in [3.05, 3.63) is 35.0 Å². The van der Waals surface area contributed by atoms with Gasteiger partial charge in [-0.25, -0.2) is 0 Å². The highest BCUT2D eigenvalue weighted by molar-refractivity contribution is 6.13. The van der Waals surface area contributed by atoms with Crippen LogP contribution in [0.1, 0.15) is 21.5 Å². The van der Waals surface area contributed by atoms with Crippen molar-refractivity contribution in [2.75, 3.05) is 31.7 Å².